The van der Waals surface area contributed by atoms with Gasteiger partial charge in [-0.25, -0.2) is 0 Å². The molecule has 0 unspecified atom stereocenters. The lowest BCUT2D eigenvalue weighted by molar-refractivity contribution is -0.113. The fourth-order valence-electron chi connectivity index (χ4n) is 2.68. The highest BCUT2D eigenvalue weighted by Crippen LogP contribution is 2.39. The lowest BCUT2D eigenvalue weighted by Gasteiger charge is -2.42. The van der Waals surface area contributed by atoms with Gasteiger partial charge in [-0.15, -0.1) is 0 Å². The molecular formula is C16H22ClNO. The van der Waals surface area contributed by atoms with Crippen LogP contribution >= 0.6 is 11.6 Å². The van der Waals surface area contributed by atoms with Gasteiger partial charge in [-0.2, -0.15) is 0 Å². The van der Waals surface area contributed by atoms with Gasteiger partial charge in [0.05, 0.1) is 12.2 Å². The Morgan fingerprint density at radius 2 is 2.05 bits per heavy atom. The van der Waals surface area contributed by atoms with Gasteiger partial charge < -0.3 is 10.1 Å². The van der Waals surface area contributed by atoms with E-state index in [-0.39, 0.29) is 5.60 Å². The first-order valence-corrected chi connectivity index (χ1v) is 7.76. The van der Waals surface area contributed by atoms with Crippen LogP contribution in [0.1, 0.15) is 44.1 Å². The fourth-order valence-corrected chi connectivity index (χ4v) is 2.87. The largest absolute Gasteiger partial charge is 0.370 e. The van der Waals surface area contributed by atoms with Crippen LogP contribution in [-0.2, 0) is 11.3 Å². The lowest BCUT2D eigenvalue weighted by Crippen LogP contribution is -2.42. The Labute approximate surface area is 120 Å². The van der Waals surface area contributed by atoms with Crippen LogP contribution in [0, 0.1) is 0 Å². The topological polar surface area (TPSA) is 21.3 Å². The van der Waals surface area contributed by atoms with Crippen molar-refractivity contribution in [1.29, 1.82) is 0 Å². The monoisotopic (exact) mass is 279 g/mol. The molecule has 2 saturated carbocycles. The summed E-state index contributed by atoms with van der Waals surface area (Å²) in [5.41, 5.74) is 1.21. The van der Waals surface area contributed by atoms with E-state index in [2.05, 4.69) is 11.4 Å². The first-order valence-electron chi connectivity index (χ1n) is 7.38. The van der Waals surface area contributed by atoms with Gasteiger partial charge in [-0.05, 0) is 56.7 Å². The van der Waals surface area contributed by atoms with E-state index in [9.17, 15) is 0 Å². The van der Waals surface area contributed by atoms with Gasteiger partial charge >= 0.3 is 0 Å². The second-order valence-corrected chi connectivity index (χ2v) is 6.30. The minimum atomic E-state index is 0.112. The molecule has 0 saturated heterocycles. The standard InChI is InChI=1S/C16H22ClNO/c17-15-5-2-1-4-13(15)12-19-16(8-3-9-16)10-11-18-14-6-7-14/h1-2,4-5,14,18H,3,6-12H2. The molecule has 1 aromatic carbocycles. The van der Waals surface area contributed by atoms with E-state index in [0.717, 1.165) is 29.6 Å². The lowest BCUT2D eigenvalue weighted by atomic mass is 9.77. The van der Waals surface area contributed by atoms with Gasteiger partial charge in [0, 0.05) is 11.1 Å². The van der Waals surface area contributed by atoms with Crippen LogP contribution in [0.2, 0.25) is 5.02 Å². The van der Waals surface area contributed by atoms with Gasteiger partial charge in [0.2, 0.25) is 0 Å². The van der Waals surface area contributed by atoms with E-state index < -0.39 is 0 Å². The molecular weight excluding hydrogens is 258 g/mol. The predicted molar refractivity (Wildman–Crippen MR) is 78.5 cm³/mol. The zero-order valence-corrected chi connectivity index (χ0v) is 12.1. The number of ether oxygens (including phenoxy) is 1. The van der Waals surface area contributed by atoms with Crippen LogP contribution in [-0.4, -0.2) is 18.2 Å². The Morgan fingerprint density at radius 1 is 1.26 bits per heavy atom. The van der Waals surface area contributed by atoms with Crippen LogP contribution in [0.25, 0.3) is 0 Å². The maximum atomic E-state index is 6.21. The van der Waals surface area contributed by atoms with Crippen molar-refractivity contribution in [3.63, 3.8) is 0 Å². The number of halogens is 1. The van der Waals surface area contributed by atoms with E-state index in [1.54, 1.807) is 0 Å². The number of rotatable bonds is 7. The van der Waals surface area contributed by atoms with Crippen LogP contribution < -0.4 is 5.32 Å². The Balaban J connectivity index is 1.49. The summed E-state index contributed by atoms with van der Waals surface area (Å²) in [6.45, 7) is 1.73. The quantitative estimate of drug-likeness (QED) is 0.817. The highest BCUT2D eigenvalue weighted by Gasteiger charge is 2.38. The number of benzene rings is 1. The zero-order chi connectivity index (χ0) is 13.1. The molecule has 0 spiro atoms. The molecule has 0 heterocycles. The van der Waals surface area contributed by atoms with Gasteiger partial charge in [0.25, 0.3) is 0 Å². The van der Waals surface area contributed by atoms with Crippen molar-refractivity contribution in [2.45, 2.75) is 56.8 Å². The molecule has 0 aromatic heterocycles. The highest BCUT2D eigenvalue weighted by molar-refractivity contribution is 6.31. The summed E-state index contributed by atoms with van der Waals surface area (Å²) < 4.78 is 6.21. The summed E-state index contributed by atoms with van der Waals surface area (Å²) in [5.74, 6) is 0. The van der Waals surface area contributed by atoms with E-state index in [1.165, 1.54) is 32.1 Å². The maximum Gasteiger partial charge on any atom is 0.0738 e. The zero-order valence-electron chi connectivity index (χ0n) is 11.3. The maximum absolute atomic E-state index is 6.21. The van der Waals surface area contributed by atoms with Crippen molar-refractivity contribution in [1.82, 2.24) is 5.32 Å². The number of nitrogens with one attached hydrogen (secondary N) is 1. The van der Waals surface area contributed by atoms with Crippen molar-refractivity contribution < 1.29 is 4.74 Å². The van der Waals surface area contributed by atoms with Gasteiger partial charge in [0.15, 0.2) is 0 Å². The third-order valence-electron chi connectivity index (χ3n) is 4.35. The Hall–Kier alpha value is -0.570. The molecule has 2 aliphatic carbocycles. The molecule has 3 rings (SSSR count). The van der Waals surface area contributed by atoms with Gasteiger partial charge in [-0.3, -0.25) is 0 Å². The average molecular weight is 280 g/mol. The third-order valence-corrected chi connectivity index (χ3v) is 4.72. The summed E-state index contributed by atoms with van der Waals surface area (Å²) >= 11 is 6.18. The molecule has 2 fully saturated rings. The van der Waals surface area contributed by atoms with E-state index in [4.69, 9.17) is 16.3 Å². The summed E-state index contributed by atoms with van der Waals surface area (Å²) in [5, 5.41) is 4.40. The number of hydrogen-bond acceptors (Lipinski definition) is 2. The molecule has 104 valence electrons. The molecule has 0 radical (unpaired) electrons. The molecule has 2 nitrogen and oxygen atoms in total. The summed E-state index contributed by atoms with van der Waals surface area (Å²) in [6.07, 6.45) is 7.54. The smallest absolute Gasteiger partial charge is 0.0738 e. The van der Waals surface area contributed by atoms with Crippen LogP contribution in [0.5, 0.6) is 0 Å². The summed E-state index contributed by atoms with van der Waals surface area (Å²) in [4.78, 5) is 0. The first kappa shape index (κ1) is 13.4. The molecule has 19 heavy (non-hydrogen) atoms. The van der Waals surface area contributed by atoms with Crippen molar-refractivity contribution >= 4 is 11.6 Å². The average Bonchev–Trinajstić information content (AvgIpc) is 3.17. The van der Waals surface area contributed by atoms with E-state index >= 15 is 0 Å². The van der Waals surface area contributed by atoms with Crippen LogP contribution in [0.3, 0.4) is 0 Å². The summed E-state index contributed by atoms with van der Waals surface area (Å²) in [6, 6.07) is 8.76. The molecule has 0 amide bonds. The Morgan fingerprint density at radius 3 is 2.68 bits per heavy atom. The minimum Gasteiger partial charge on any atom is -0.370 e. The molecule has 1 N–H and O–H groups in total. The predicted octanol–water partition coefficient (Wildman–Crippen LogP) is 3.92. The molecule has 3 heteroatoms. The van der Waals surface area contributed by atoms with Crippen molar-refractivity contribution in [3.05, 3.63) is 34.9 Å². The third kappa shape index (κ3) is 3.50. The normalized spacial score (nSPS) is 21.1. The molecule has 0 aliphatic heterocycles. The highest BCUT2D eigenvalue weighted by atomic mass is 35.5. The second kappa shape index (κ2) is 5.82. The van der Waals surface area contributed by atoms with Crippen LogP contribution in [0.4, 0.5) is 0 Å². The van der Waals surface area contributed by atoms with Gasteiger partial charge in [-0.1, -0.05) is 29.8 Å². The van der Waals surface area contributed by atoms with Crippen molar-refractivity contribution in [2.24, 2.45) is 0 Å². The number of hydrogen-bond donors (Lipinski definition) is 1. The Bertz CT molecular complexity index is 427. The molecule has 1 aromatic rings. The van der Waals surface area contributed by atoms with E-state index in [0.29, 0.717) is 6.61 Å². The Kier molecular flexibility index (Phi) is 4.11. The molecule has 2 aliphatic rings. The van der Waals surface area contributed by atoms with Crippen molar-refractivity contribution in [3.8, 4) is 0 Å². The summed E-state index contributed by atoms with van der Waals surface area (Å²) in [7, 11) is 0. The second-order valence-electron chi connectivity index (χ2n) is 5.90. The molecule has 0 bridgehead atoms. The minimum absolute atomic E-state index is 0.112. The first-order chi connectivity index (χ1) is 9.27. The molecule has 0 atom stereocenters. The van der Waals surface area contributed by atoms with E-state index in [1.807, 2.05) is 18.2 Å². The van der Waals surface area contributed by atoms with Crippen LogP contribution in [0.15, 0.2) is 24.3 Å². The SMILES string of the molecule is Clc1ccccc1COC1(CCNC2CC2)CCC1. The van der Waals surface area contributed by atoms with Gasteiger partial charge in [0.1, 0.15) is 0 Å². The fraction of sp³-hybridized carbons (Fsp3) is 0.625. The van der Waals surface area contributed by atoms with Crippen molar-refractivity contribution in [2.75, 3.05) is 6.54 Å².